The van der Waals surface area contributed by atoms with E-state index in [0.29, 0.717) is 12.6 Å². The lowest BCUT2D eigenvalue weighted by Gasteiger charge is -2.31. The van der Waals surface area contributed by atoms with Crippen LogP contribution in [0.25, 0.3) is 0 Å². The fraction of sp³-hybridized carbons (Fsp3) is 0.846. The summed E-state index contributed by atoms with van der Waals surface area (Å²) in [7, 11) is 1.39. The van der Waals surface area contributed by atoms with Gasteiger partial charge in [0.2, 0.25) is 0 Å². The van der Waals surface area contributed by atoms with Crippen LogP contribution in [0, 0.1) is 5.92 Å². The fourth-order valence-corrected chi connectivity index (χ4v) is 2.04. The van der Waals surface area contributed by atoms with Crippen molar-refractivity contribution in [2.45, 2.75) is 45.7 Å². The van der Waals surface area contributed by atoms with Crippen molar-refractivity contribution in [2.75, 3.05) is 20.3 Å². The summed E-state index contributed by atoms with van der Waals surface area (Å²) in [4.78, 5) is 25.2. The first-order chi connectivity index (χ1) is 8.51. The molecule has 0 saturated heterocycles. The van der Waals surface area contributed by atoms with E-state index in [4.69, 9.17) is 9.47 Å². The van der Waals surface area contributed by atoms with E-state index >= 15 is 0 Å². The lowest BCUT2D eigenvalue weighted by atomic mass is 10.0. The molecule has 18 heavy (non-hydrogen) atoms. The topological polar surface area (TPSA) is 55.8 Å². The zero-order valence-electron chi connectivity index (χ0n) is 11.6. The van der Waals surface area contributed by atoms with Crippen LogP contribution < -0.4 is 0 Å². The predicted molar refractivity (Wildman–Crippen MR) is 67.0 cm³/mol. The molecule has 2 unspecified atom stereocenters. The average Bonchev–Trinajstić information content (AvgIpc) is 3.17. The van der Waals surface area contributed by atoms with Crippen LogP contribution in [0.1, 0.15) is 33.6 Å². The largest absolute Gasteiger partial charge is 0.469 e. The molecule has 0 amide bonds. The van der Waals surface area contributed by atoms with Gasteiger partial charge >= 0.3 is 11.9 Å². The molecule has 0 N–H and O–H groups in total. The molecule has 2 atom stereocenters. The van der Waals surface area contributed by atoms with Crippen LogP contribution in [-0.2, 0) is 19.1 Å². The van der Waals surface area contributed by atoms with Crippen LogP contribution >= 0.6 is 0 Å². The molecule has 0 radical (unpaired) electrons. The van der Waals surface area contributed by atoms with E-state index in [9.17, 15) is 9.59 Å². The lowest BCUT2D eigenvalue weighted by Crippen LogP contribution is -2.45. The van der Waals surface area contributed by atoms with Gasteiger partial charge in [-0.25, -0.2) is 0 Å². The zero-order chi connectivity index (χ0) is 13.7. The molecular formula is C13H23NO4. The first kappa shape index (κ1) is 15.0. The molecule has 0 spiro atoms. The minimum absolute atomic E-state index is 0.0191. The predicted octanol–water partition coefficient (Wildman–Crippen LogP) is 1.21. The molecule has 1 saturated carbocycles. The molecule has 104 valence electrons. The molecule has 1 fully saturated rings. The van der Waals surface area contributed by atoms with Gasteiger partial charge < -0.3 is 9.47 Å². The maximum absolute atomic E-state index is 11.6. The van der Waals surface area contributed by atoms with Gasteiger partial charge in [0.15, 0.2) is 0 Å². The van der Waals surface area contributed by atoms with Crippen molar-refractivity contribution in [3.8, 4) is 0 Å². The Morgan fingerprint density at radius 2 is 1.94 bits per heavy atom. The first-order valence-corrected chi connectivity index (χ1v) is 6.50. The van der Waals surface area contributed by atoms with Crippen LogP contribution in [0.4, 0.5) is 0 Å². The number of carbonyl (C=O) groups is 2. The standard InChI is InChI=1S/C13H23NO4/c1-5-18-12(15)8-14(11-6-7-11)10(3)9(2)13(16)17-4/h9-11H,5-8H2,1-4H3. The highest BCUT2D eigenvalue weighted by molar-refractivity contribution is 5.74. The van der Waals surface area contributed by atoms with Crippen LogP contribution in [0.2, 0.25) is 0 Å². The maximum Gasteiger partial charge on any atom is 0.320 e. The number of nitrogens with zero attached hydrogens (tertiary/aromatic N) is 1. The van der Waals surface area contributed by atoms with E-state index in [1.54, 1.807) is 6.92 Å². The van der Waals surface area contributed by atoms with Gasteiger partial charge in [-0.15, -0.1) is 0 Å². The van der Waals surface area contributed by atoms with Gasteiger partial charge in [-0.05, 0) is 26.7 Å². The van der Waals surface area contributed by atoms with E-state index in [1.165, 1.54) is 7.11 Å². The zero-order valence-corrected chi connectivity index (χ0v) is 11.6. The Hall–Kier alpha value is -1.10. The number of esters is 2. The first-order valence-electron chi connectivity index (χ1n) is 6.50. The van der Waals surface area contributed by atoms with Gasteiger partial charge in [0.05, 0.1) is 26.2 Å². The molecular weight excluding hydrogens is 234 g/mol. The van der Waals surface area contributed by atoms with Crippen LogP contribution in [0.3, 0.4) is 0 Å². The smallest absolute Gasteiger partial charge is 0.320 e. The molecule has 0 aliphatic heterocycles. The molecule has 5 nitrogen and oxygen atoms in total. The van der Waals surface area contributed by atoms with Gasteiger partial charge in [0.1, 0.15) is 0 Å². The van der Waals surface area contributed by atoms with Crippen molar-refractivity contribution in [1.29, 1.82) is 0 Å². The van der Waals surface area contributed by atoms with Crippen molar-refractivity contribution in [3.63, 3.8) is 0 Å². The lowest BCUT2D eigenvalue weighted by molar-refractivity contribution is -0.151. The average molecular weight is 257 g/mol. The summed E-state index contributed by atoms with van der Waals surface area (Å²) in [5.41, 5.74) is 0. The highest BCUT2D eigenvalue weighted by Crippen LogP contribution is 2.30. The third-order valence-electron chi connectivity index (χ3n) is 3.45. The molecule has 0 aromatic rings. The second-order valence-electron chi connectivity index (χ2n) is 4.76. The summed E-state index contributed by atoms with van der Waals surface area (Å²) >= 11 is 0. The van der Waals surface area contributed by atoms with E-state index in [2.05, 4.69) is 4.90 Å². The van der Waals surface area contributed by atoms with Gasteiger partial charge in [0.25, 0.3) is 0 Å². The Labute approximate surface area is 108 Å². The Kier molecular flexibility index (Phi) is 5.59. The van der Waals surface area contributed by atoms with Gasteiger partial charge in [-0.1, -0.05) is 6.92 Å². The summed E-state index contributed by atoms with van der Waals surface area (Å²) in [5.74, 6) is -0.713. The van der Waals surface area contributed by atoms with Crippen LogP contribution in [0.15, 0.2) is 0 Å². The number of hydrogen-bond acceptors (Lipinski definition) is 5. The summed E-state index contributed by atoms with van der Waals surface area (Å²) in [6.45, 7) is 6.22. The molecule has 0 aromatic heterocycles. The molecule has 0 bridgehead atoms. The molecule has 0 aromatic carbocycles. The Balaban J connectivity index is 2.60. The third kappa shape index (κ3) is 3.98. The minimum Gasteiger partial charge on any atom is -0.469 e. The quantitative estimate of drug-likeness (QED) is 0.642. The van der Waals surface area contributed by atoms with Gasteiger partial charge in [-0.3, -0.25) is 14.5 Å². The third-order valence-corrected chi connectivity index (χ3v) is 3.45. The molecule has 5 heteroatoms. The SMILES string of the molecule is CCOC(=O)CN(C1CC1)C(C)C(C)C(=O)OC. The second-order valence-corrected chi connectivity index (χ2v) is 4.76. The highest BCUT2D eigenvalue weighted by Gasteiger charge is 2.37. The maximum atomic E-state index is 11.6. The van der Waals surface area contributed by atoms with Crippen molar-refractivity contribution < 1.29 is 19.1 Å². The Bertz CT molecular complexity index is 301. The summed E-state index contributed by atoms with van der Waals surface area (Å²) in [6.07, 6.45) is 2.16. The highest BCUT2D eigenvalue weighted by atomic mass is 16.5. The minimum atomic E-state index is -0.245. The number of methoxy groups -OCH3 is 1. The molecule has 1 aliphatic rings. The number of ether oxygens (including phenoxy) is 2. The Morgan fingerprint density at radius 3 is 2.39 bits per heavy atom. The van der Waals surface area contributed by atoms with Gasteiger partial charge in [0, 0.05) is 12.1 Å². The van der Waals surface area contributed by atoms with Crippen molar-refractivity contribution >= 4 is 11.9 Å². The van der Waals surface area contributed by atoms with Crippen molar-refractivity contribution in [1.82, 2.24) is 4.90 Å². The van der Waals surface area contributed by atoms with E-state index < -0.39 is 0 Å². The van der Waals surface area contributed by atoms with Crippen molar-refractivity contribution in [2.24, 2.45) is 5.92 Å². The molecule has 1 rings (SSSR count). The number of rotatable bonds is 7. The fourth-order valence-electron chi connectivity index (χ4n) is 2.04. The normalized spacial score (nSPS) is 18.3. The van der Waals surface area contributed by atoms with Crippen LogP contribution in [0.5, 0.6) is 0 Å². The van der Waals surface area contributed by atoms with Crippen molar-refractivity contribution in [3.05, 3.63) is 0 Å². The van der Waals surface area contributed by atoms with E-state index in [-0.39, 0.29) is 30.4 Å². The van der Waals surface area contributed by atoms with Gasteiger partial charge in [-0.2, -0.15) is 0 Å². The number of carbonyl (C=O) groups excluding carboxylic acids is 2. The summed E-state index contributed by atoms with van der Waals surface area (Å²) < 4.78 is 9.72. The summed E-state index contributed by atoms with van der Waals surface area (Å²) in [5, 5.41) is 0. The second kappa shape index (κ2) is 6.73. The summed E-state index contributed by atoms with van der Waals surface area (Å²) in [6, 6.07) is 0.380. The van der Waals surface area contributed by atoms with E-state index in [0.717, 1.165) is 12.8 Å². The molecule has 1 aliphatic carbocycles. The monoisotopic (exact) mass is 257 g/mol. The Morgan fingerprint density at radius 1 is 1.33 bits per heavy atom. The van der Waals surface area contributed by atoms with E-state index in [1.807, 2.05) is 13.8 Å². The van der Waals surface area contributed by atoms with Crippen LogP contribution in [-0.4, -0.2) is 49.2 Å². The number of hydrogen-bond donors (Lipinski definition) is 0. The molecule has 0 heterocycles.